The molecule has 0 spiro atoms. The molecular weight excluding hydrogens is 531 g/mol. The SMILES string of the molecule is CCOc1cccc(-c2ccc(C3=CCC4OC(C5=CC=C(F)CC5)=C(C(=O)NC)C4=C3)cc2C(=O)NCC(C)C)c1. The molecule has 2 amide bonds. The lowest BCUT2D eigenvalue weighted by atomic mass is 9.87. The van der Waals surface area contributed by atoms with Crippen LogP contribution in [0.1, 0.15) is 56.0 Å². The van der Waals surface area contributed by atoms with Crippen molar-refractivity contribution in [2.24, 2.45) is 5.92 Å². The van der Waals surface area contributed by atoms with Crippen LogP contribution in [0.2, 0.25) is 0 Å². The minimum Gasteiger partial charge on any atom is -0.494 e. The number of allylic oxidation sites excluding steroid dienone is 6. The van der Waals surface area contributed by atoms with Gasteiger partial charge in [-0.25, -0.2) is 4.39 Å². The summed E-state index contributed by atoms with van der Waals surface area (Å²) >= 11 is 0. The molecule has 0 radical (unpaired) electrons. The summed E-state index contributed by atoms with van der Waals surface area (Å²) in [7, 11) is 1.59. The summed E-state index contributed by atoms with van der Waals surface area (Å²) in [6.45, 7) is 7.17. The van der Waals surface area contributed by atoms with Crippen LogP contribution in [-0.4, -0.2) is 38.1 Å². The van der Waals surface area contributed by atoms with Crippen LogP contribution < -0.4 is 15.4 Å². The number of nitrogens with one attached hydrogen (secondary N) is 2. The first-order chi connectivity index (χ1) is 20.3. The highest BCUT2D eigenvalue weighted by molar-refractivity contribution is 6.03. The second kappa shape index (κ2) is 12.6. The summed E-state index contributed by atoms with van der Waals surface area (Å²) in [4.78, 5) is 26.6. The molecule has 7 heteroatoms. The van der Waals surface area contributed by atoms with Crippen molar-refractivity contribution in [3.8, 4) is 16.9 Å². The number of rotatable bonds is 9. The van der Waals surface area contributed by atoms with E-state index >= 15 is 0 Å². The zero-order valence-corrected chi connectivity index (χ0v) is 24.6. The van der Waals surface area contributed by atoms with E-state index < -0.39 is 0 Å². The van der Waals surface area contributed by atoms with Gasteiger partial charge in [0, 0.05) is 37.6 Å². The van der Waals surface area contributed by atoms with Gasteiger partial charge in [0.15, 0.2) is 0 Å². The third-order valence-corrected chi connectivity index (χ3v) is 7.55. The largest absolute Gasteiger partial charge is 0.494 e. The Morgan fingerprint density at radius 1 is 1.07 bits per heavy atom. The highest BCUT2D eigenvalue weighted by Gasteiger charge is 2.37. The summed E-state index contributed by atoms with van der Waals surface area (Å²) in [5, 5.41) is 5.81. The van der Waals surface area contributed by atoms with Crippen LogP contribution in [0.15, 0.2) is 95.1 Å². The summed E-state index contributed by atoms with van der Waals surface area (Å²) in [5.74, 6) is 1.00. The first kappa shape index (κ1) is 29.1. The second-order valence-electron chi connectivity index (χ2n) is 11.0. The lowest BCUT2D eigenvalue weighted by Crippen LogP contribution is -2.28. The van der Waals surface area contributed by atoms with Gasteiger partial charge in [-0.05, 0) is 77.5 Å². The molecule has 2 aliphatic carbocycles. The predicted octanol–water partition coefficient (Wildman–Crippen LogP) is 6.82. The highest BCUT2D eigenvalue weighted by Crippen LogP contribution is 2.43. The summed E-state index contributed by atoms with van der Waals surface area (Å²) < 4.78 is 25.7. The average molecular weight is 569 g/mol. The number of hydrogen-bond acceptors (Lipinski definition) is 4. The molecule has 5 rings (SSSR count). The number of carbonyl (C=O) groups excluding carboxylic acids is 2. The van der Waals surface area contributed by atoms with E-state index in [4.69, 9.17) is 9.47 Å². The molecule has 2 aromatic rings. The minimum absolute atomic E-state index is 0.147. The van der Waals surface area contributed by atoms with Gasteiger partial charge < -0.3 is 20.1 Å². The smallest absolute Gasteiger partial charge is 0.255 e. The standard InChI is InChI=1S/C35H37FN2O4/c1-5-41-27-8-6-7-25(17-27)28-15-11-23(18-29(28)34(39)38-20-21(2)3)24-12-16-31-30(19-24)32(35(40)37-4)33(42-31)22-9-13-26(36)14-10-22/h6-9,11-13,15,17-19,21,31H,5,10,14,16,20H2,1-4H3,(H,37,40)(H,38,39). The van der Waals surface area contributed by atoms with Crippen LogP contribution in [0.4, 0.5) is 4.39 Å². The molecule has 1 unspecified atom stereocenters. The number of halogens is 1. The molecule has 0 saturated heterocycles. The van der Waals surface area contributed by atoms with Crippen LogP contribution >= 0.6 is 0 Å². The second-order valence-corrected chi connectivity index (χ2v) is 11.0. The van der Waals surface area contributed by atoms with E-state index in [0.717, 1.165) is 39.2 Å². The lowest BCUT2D eigenvalue weighted by Gasteiger charge is -2.20. The minimum atomic E-state index is -0.304. The normalized spacial score (nSPS) is 17.9. The first-order valence-corrected chi connectivity index (χ1v) is 14.6. The summed E-state index contributed by atoms with van der Waals surface area (Å²) in [6, 6.07) is 13.6. The number of fused-ring (bicyclic) bond motifs is 1. The van der Waals surface area contributed by atoms with Crippen LogP contribution in [0.5, 0.6) is 5.75 Å². The molecule has 1 heterocycles. The van der Waals surface area contributed by atoms with Gasteiger partial charge in [-0.3, -0.25) is 9.59 Å². The van der Waals surface area contributed by atoms with Gasteiger partial charge in [0.1, 0.15) is 23.4 Å². The van der Waals surface area contributed by atoms with Crippen LogP contribution in [-0.2, 0) is 9.53 Å². The van der Waals surface area contributed by atoms with Crippen molar-refractivity contribution in [3.05, 3.63) is 106 Å². The fourth-order valence-electron chi connectivity index (χ4n) is 5.43. The Bertz CT molecular complexity index is 1560. The molecule has 0 saturated carbocycles. The van der Waals surface area contributed by atoms with Gasteiger partial charge in [-0.1, -0.05) is 50.3 Å². The molecule has 2 aromatic carbocycles. The third kappa shape index (κ3) is 6.10. The Labute approximate surface area is 246 Å². The monoisotopic (exact) mass is 568 g/mol. The Kier molecular flexibility index (Phi) is 8.76. The molecule has 2 N–H and O–H groups in total. The van der Waals surface area contributed by atoms with Crippen molar-refractivity contribution in [1.29, 1.82) is 0 Å². The number of likely N-dealkylation sites (N-methyl/N-ethyl adjacent to an activating group) is 1. The first-order valence-electron chi connectivity index (χ1n) is 14.6. The van der Waals surface area contributed by atoms with Gasteiger partial charge >= 0.3 is 0 Å². The molecule has 1 aliphatic heterocycles. The summed E-state index contributed by atoms with van der Waals surface area (Å²) in [5.41, 5.74) is 6.12. The van der Waals surface area contributed by atoms with E-state index in [2.05, 4.69) is 30.6 Å². The van der Waals surface area contributed by atoms with Gasteiger partial charge in [-0.15, -0.1) is 0 Å². The van der Waals surface area contributed by atoms with Gasteiger partial charge in [0.05, 0.1) is 12.2 Å². The van der Waals surface area contributed by atoms with Gasteiger partial charge in [-0.2, -0.15) is 0 Å². The van der Waals surface area contributed by atoms with Gasteiger partial charge in [0.25, 0.3) is 11.8 Å². The van der Waals surface area contributed by atoms with Crippen molar-refractivity contribution >= 4 is 17.4 Å². The number of benzene rings is 2. The Morgan fingerprint density at radius 3 is 2.62 bits per heavy atom. The average Bonchev–Trinajstić information content (AvgIpc) is 3.38. The molecule has 0 fully saturated rings. The molecule has 6 nitrogen and oxygen atoms in total. The van der Waals surface area contributed by atoms with Gasteiger partial charge in [0.2, 0.25) is 0 Å². The van der Waals surface area contributed by atoms with Crippen LogP contribution in [0.25, 0.3) is 16.7 Å². The Balaban J connectivity index is 1.55. The Morgan fingerprint density at radius 2 is 1.90 bits per heavy atom. The lowest BCUT2D eigenvalue weighted by molar-refractivity contribution is -0.116. The van der Waals surface area contributed by atoms with Crippen LogP contribution in [0.3, 0.4) is 0 Å². The van der Waals surface area contributed by atoms with E-state index in [9.17, 15) is 14.0 Å². The maximum atomic E-state index is 13.7. The molecule has 218 valence electrons. The van der Waals surface area contributed by atoms with Crippen molar-refractivity contribution in [2.75, 3.05) is 20.2 Å². The molecule has 0 bridgehead atoms. The molecule has 3 aliphatic rings. The van der Waals surface area contributed by atoms with Crippen molar-refractivity contribution < 1.29 is 23.5 Å². The van der Waals surface area contributed by atoms with E-state index in [-0.39, 0.29) is 30.2 Å². The van der Waals surface area contributed by atoms with E-state index in [0.29, 0.717) is 48.8 Å². The third-order valence-electron chi connectivity index (χ3n) is 7.55. The maximum Gasteiger partial charge on any atom is 0.255 e. The van der Waals surface area contributed by atoms with Crippen molar-refractivity contribution in [2.45, 2.75) is 46.1 Å². The Hall–Kier alpha value is -4.39. The predicted molar refractivity (Wildman–Crippen MR) is 163 cm³/mol. The number of amides is 2. The topological polar surface area (TPSA) is 76.7 Å². The fraction of sp³-hybridized carbons (Fsp3) is 0.314. The summed E-state index contributed by atoms with van der Waals surface area (Å²) in [6.07, 6.45) is 8.21. The molecule has 0 aromatic heterocycles. The number of hydrogen-bond donors (Lipinski definition) is 2. The fourth-order valence-corrected chi connectivity index (χ4v) is 5.43. The molecular formula is C35H37FN2O4. The maximum absolute atomic E-state index is 13.7. The zero-order valence-electron chi connectivity index (χ0n) is 24.6. The quantitative estimate of drug-likeness (QED) is 0.348. The number of ether oxygens (including phenoxy) is 2. The molecule has 1 atom stereocenters. The van der Waals surface area contributed by atoms with E-state index in [1.807, 2.05) is 55.5 Å². The van der Waals surface area contributed by atoms with E-state index in [1.54, 1.807) is 13.1 Å². The highest BCUT2D eigenvalue weighted by atomic mass is 19.1. The number of carbonyl (C=O) groups is 2. The van der Waals surface area contributed by atoms with Crippen molar-refractivity contribution in [1.82, 2.24) is 10.6 Å². The van der Waals surface area contributed by atoms with E-state index in [1.165, 1.54) is 6.08 Å². The molecule has 42 heavy (non-hydrogen) atoms. The van der Waals surface area contributed by atoms with Crippen LogP contribution in [0, 0.1) is 5.92 Å². The van der Waals surface area contributed by atoms with Crippen molar-refractivity contribution in [3.63, 3.8) is 0 Å². The zero-order chi connectivity index (χ0) is 29.8.